The number of nitrogens with one attached hydrogen (secondary N) is 1. The van der Waals surface area contributed by atoms with Gasteiger partial charge >= 0.3 is 0 Å². The van der Waals surface area contributed by atoms with Crippen LogP contribution in [0.4, 0.5) is 10.1 Å². The van der Waals surface area contributed by atoms with Crippen molar-refractivity contribution in [1.82, 2.24) is 0 Å². The third kappa shape index (κ3) is 6.09. The average molecular weight is 363 g/mol. The number of hydrogen-bond donors (Lipinski definition) is 1. The number of carbonyl (C=O) groups excluding carboxylic acids is 1. The van der Waals surface area contributed by atoms with Crippen LogP contribution in [0.3, 0.4) is 0 Å². The molecule has 27 heavy (non-hydrogen) atoms. The van der Waals surface area contributed by atoms with Crippen LogP contribution in [0.25, 0.3) is 6.08 Å². The Hall–Kier alpha value is -2.90. The molecule has 0 unspecified atom stereocenters. The second-order valence-electron chi connectivity index (χ2n) is 6.58. The molecule has 0 bridgehead atoms. The van der Waals surface area contributed by atoms with Gasteiger partial charge in [-0.2, -0.15) is 0 Å². The summed E-state index contributed by atoms with van der Waals surface area (Å²) in [6.07, 6.45) is 5.97. The van der Waals surface area contributed by atoms with Gasteiger partial charge in [0.25, 0.3) is 5.91 Å². The molecule has 0 aliphatic carbocycles. The van der Waals surface area contributed by atoms with E-state index in [1.807, 2.05) is 32.1 Å². The van der Waals surface area contributed by atoms with Crippen molar-refractivity contribution in [1.29, 1.82) is 0 Å². The van der Waals surface area contributed by atoms with E-state index in [2.05, 4.69) is 31.0 Å². The molecule has 0 saturated carbocycles. The van der Waals surface area contributed by atoms with Gasteiger partial charge in [-0.3, -0.25) is 4.79 Å². The summed E-state index contributed by atoms with van der Waals surface area (Å²) in [6.45, 7) is 8.18. The molecule has 2 rings (SSSR count). The highest BCUT2D eigenvalue weighted by Gasteiger charge is 2.09. The molecule has 0 aliphatic heterocycles. The SMILES string of the molecule is CC=C=C(C)C/C(=C/c1ccc(C(=O)Nc2cccc(F)c2)cc1C)CC. The third-order valence-corrected chi connectivity index (χ3v) is 4.31. The maximum Gasteiger partial charge on any atom is 0.255 e. The first kappa shape index (κ1) is 20.4. The number of rotatable bonds is 6. The fourth-order valence-corrected chi connectivity index (χ4v) is 2.88. The quantitative estimate of drug-likeness (QED) is 0.569. The molecular formula is C24H26FNO. The predicted molar refractivity (Wildman–Crippen MR) is 111 cm³/mol. The van der Waals surface area contributed by atoms with Crippen LogP contribution in [0.1, 0.15) is 55.1 Å². The van der Waals surface area contributed by atoms with Crippen LogP contribution in [-0.4, -0.2) is 5.91 Å². The number of benzene rings is 2. The van der Waals surface area contributed by atoms with Crippen LogP contribution >= 0.6 is 0 Å². The van der Waals surface area contributed by atoms with Gasteiger partial charge < -0.3 is 5.32 Å². The molecule has 0 aliphatic rings. The Labute approximate surface area is 161 Å². The molecule has 0 radical (unpaired) electrons. The van der Waals surface area contributed by atoms with E-state index in [-0.39, 0.29) is 11.7 Å². The minimum atomic E-state index is -0.376. The Morgan fingerprint density at radius 2 is 2.00 bits per heavy atom. The maximum absolute atomic E-state index is 13.3. The first-order valence-corrected chi connectivity index (χ1v) is 9.16. The Bertz CT molecular complexity index is 918. The van der Waals surface area contributed by atoms with Gasteiger partial charge in [0.1, 0.15) is 5.82 Å². The van der Waals surface area contributed by atoms with E-state index in [0.717, 1.165) is 24.0 Å². The number of anilines is 1. The van der Waals surface area contributed by atoms with Gasteiger partial charge in [0.2, 0.25) is 0 Å². The first-order valence-electron chi connectivity index (χ1n) is 9.16. The summed E-state index contributed by atoms with van der Waals surface area (Å²) in [7, 11) is 0. The lowest BCUT2D eigenvalue weighted by Gasteiger charge is -2.09. The van der Waals surface area contributed by atoms with E-state index < -0.39 is 0 Å². The number of hydrogen-bond acceptors (Lipinski definition) is 1. The highest BCUT2D eigenvalue weighted by Crippen LogP contribution is 2.21. The highest BCUT2D eigenvalue weighted by atomic mass is 19.1. The van der Waals surface area contributed by atoms with Crippen molar-refractivity contribution >= 4 is 17.7 Å². The number of aryl methyl sites for hydroxylation is 1. The Kier molecular flexibility index (Phi) is 7.34. The normalized spacial score (nSPS) is 10.9. The van der Waals surface area contributed by atoms with Gasteiger partial charge in [-0.05, 0) is 86.7 Å². The Morgan fingerprint density at radius 1 is 1.22 bits per heavy atom. The van der Waals surface area contributed by atoms with Crippen molar-refractivity contribution in [2.75, 3.05) is 5.32 Å². The zero-order valence-electron chi connectivity index (χ0n) is 16.4. The number of allylic oxidation sites excluding steroid dienone is 2. The number of amides is 1. The molecule has 0 spiro atoms. The molecule has 0 heterocycles. The molecule has 0 saturated heterocycles. The summed E-state index contributed by atoms with van der Waals surface area (Å²) < 4.78 is 13.3. The second-order valence-corrected chi connectivity index (χ2v) is 6.58. The van der Waals surface area contributed by atoms with Crippen LogP contribution < -0.4 is 5.32 Å². The minimum Gasteiger partial charge on any atom is -0.322 e. The van der Waals surface area contributed by atoms with E-state index in [0.29, 0.717) is 11.3 Å². The van der Waals surface area contributed by atoms with Gasteiger partial charge in [0.05, 0.1) is 0 Å². The third-order valence-electron chi connectivity index (χ3n) is 4.31. The lowest BCUT2D eigenvalue weighted by Crippen LogP contribution is -2.12. The van der Waals surface area contributed by atoms with E-state index >= 15 is 0 Å². The Balaban J connectivity index is 2.20. The van der Waals surface area contributed by atoms with Crippen molar-refractivity contribution in [2.24, 2.45) is 0 Å². The predicted octanol–water partition coefficient (Wildman–Crippen LogP) is 6.69. The van der Waals surface area contributed by atoms with Crippen molar-refractivity contribution in [3.63, 3.8) is 0 Å². The second kappa shape index (κ2) is 9.70. The lowest BCUT2D eigenvalue weighted by atomic mass is 9.98. The van der Waals surface area contributed by atoms with Crippen LogP contribution in [0.2, 0.25) is 0 Å². The standard InChI is InChI=1S/C24H26FNO/c1-5-8-17(3)13-19(6-2)15-20-11-12-21(14-18(20)4)24(27)26-23-10-7-9-22(25)16-23/h5,7,9-12,14-16H,6,13H2,1-4H3,(H,26,27)/b19-15+. The average Bonchev–Trinajstić information content (AvgIpc) is 2.62. The van der Waals surface area contributed by atoms with Gasteiger partial charge in [0.15, 0.2) is 0 Å². The first-order chi connectivity index (χ1) is 12.9. The summed E-state index contributed by atoms with van der Waals surface area (Å²) in [5.74, 6) is -0.624. The molecule has 1 N–H and O–H groups in total. The molecule has 0 aromatic heterocycles. The fourth-order valence-electron chi connectivity index (χ4n) is 2.88. The monoisotopic (exact) mass is 363 g/mol. The van der Waals surface area contributed by atoms with Gasteiger partial charge in [-0.15, -0.1) is 5.73 Å². The molecule has 140 valence electrons. The Morgan fingerprint density at radius 3 is 2.63 bits per heavy atom. The summed E-state index contributed by atoms with van der Waals surface area (Å²) in [5, 5.41) is 2.73. The van der Waals surface area contributed by atoms with Gasteiger partial charge in [0, 0.05) is 11.3 Å². The molecule has 1 amide bonds. The van der Waals surface area contributed by atoms with Crippen LogP contribution in [0, 0.1) is 12.7 Å². The van der Waals surface area contributed by atoms with Crippen molar-refractivity contribution in [3.8, 4) is 0 Å². The highest BCUT2D eigenvalue weighted by molar-refractivity contribution is 6.04. The van der Waals surface area contributed by atoms with Crippen molar-refractivity contribution < 1.29 is 9.18 Å². The summed E-state index contributed by atoms with van der Waals surface area (Å²) in [6, 6.07) is 11.5. The molecule has 2 aromatic carbocycles. The topological polar surface area (TPSA) is 29.1 Å². The van der Waals surface area contributed by atoms with Gasteiger partial charge in [-0.1, -0.05) is 30.7 Å². The molecule has 0 atom stereocenters. The van der Waals surface area contributed by atoms with Crippen molar-refractivity contribution in [3.05, 3.63) is 87.9 Å². The van der Waals surface area contributed by atoms with Crippen LogP contribution in [-0.2, 0) is 0 Å². The molecular weight excluding hydrogens is 337 g/mol. The van der Waals surface area contributed by atoms with Crippen LogP contribution in [0.5, 0.6) is 0 Å². The fraction of sp³-hybridized carbons (Fsp3) is 0.250. The van der Waals surface area contributed by atoms with E-state index in [9.17, 15) is 9.18 Å². The van der Waals surface area contributed by atoms with E-state index in [4.69, 9.17) is 0 Å². The summed E-state index contributed by atoms with van der Waals surface area (Å²) >= 11 is 0. The smallest absolute Gasteiger partial charge is 0.255 e. The van der Waals surface area contributed by atoms with E-state index in [1.165, 1.54) is 23.3 Å². The van der Waals surface area contributed by atoms with E-state index in [1.54, 1.807) is 18.2 Å². The molecule has 2 nitrogen and oxygen atoms in total. The summed E-state index contributed by atoms with van der Waals surface area (Å²) in [5.41, 5.74) is 8.88. The maximum atomic E-state index is 13.3. The largest absolute Gasteiger partial charge is 0.322 e. The van der Waals surface area contributed by atoms with Crippen LogP contribution in [0.15, 0.2) is 65.4 Å². The number of halogens is 1. The van der Waals surface area contributed by atoms with Crippen molar-refractivity contribution in [2.45, 2.75) is 40.5 Å². The lowest BCUT2D eigenvalue weighted by molar-refractivity contribution is 0.102. The zero-order valence-corrected chi connectivity index (χ0v) is 16.4. The molecule has 3 heteroatoms. The minimum absolute atomic E-state index is 0.248. The zero-order chi connectivity index (χ0) is 19.8. The molecule has 0 fully saturated rings. The molecule has 2 aromatic rings. The summed E-state index contributed by atoms with van der Waals surface area (Å²) in [4.78, 5) is 12.4. The number of carbonyl (C=O) groups is 1. The van der Waals surface area contributed by atoms with Gasteiger partial charge in [-0.25, -0.2) is 4.39 Å².